The lowest BCUT2D eigenvalue weighted by Gasteiger charge is -2.32. The summed E-state index contributed by atoms with van der Waals surface area (Å²) in [5, 5.41) is 7.58. The van der Waals surface area contributed by atoms with Crippen molar-refractivity contribution in [2.75, 3.05) is 33.2 Å². The average molecular weight is 432 g/mol. The Balaban J connectivity index is 1.40. The number of nitrogens with zero attached hydrogens (tertiary/aromatic N) is 4. The molecular formula is C26H33N5O. The maximum absolute atomic E-state index is 13.0. The van der Waals surface area contributed by atoms with Gasteiger partial charge in [-0.25, -0.2) is 4.68 Å². The third-order valence-electron chi connectivity index (χ3n) is 6.17. The van der Waals surface area contributed by atoms with Crippen LogP contribution in [0.3, 0.4) is 0 Å². The molecule has 2 heterocycles. The van der Waals surface area contributed by atoms with Crippen LogP contribution >= 0.6 is 0 Å². The van der Waals surface area contributed by atoms with Gasteiger partial charge in [0.25, 0.3) is 5.91 Å². The van der Waals surface area contributed by atoms with E-state index >= 15 is 0 Å². The molecule has 0 aliphatic carbocycles. The first-order chi connectivity index (χ1) is 15.5. The van der Waals surface area contributed by atoms with Gasteiger partial charge in [-0.2, -0.15) is 5.10 Å². The first kappa shape index (κ1) is 22.2. The number of aromatic nitrogens is 2. The summed E-state index contributed by atoms with van der Waals surface area (Å²) in [6.45, 7) is 10.0. The van der Waals surface area contributed by atoms with Gasteiger partial charge < -0.3 is 10.2 Å². The lowest BCUT2D eigenvalue weighted by Crippen LogP contribution is -2.43. The van der Waals surface area contributed by atoms with Gasteiger partial charge in [-0.3, -0.25) is 9.69 Å². The number of nitrogens with one attached hydrogen (secondary N) is 1. The van der Waals surface area contributed by atoms with Crippen molar-refractivity contribution in [3.8, 4) is 5.69 Å². The third-order valence-corrected chi connectivity index (χ3v) is 6.17. The highest BCUT2D eigenvalue weighted by atomic mass is 16.1. The summed E-state index contributed by atoms with van der Waals surface area (Å²) in [5.74, 6) is -0.0790. The van der Waals surface area contributed by atoms with E-state index in [1.54, 1.807) is 6.20 Å². The summed E-state index contributed by atoms with van der Waals surface area (Å²) in [6, 6.07) is 16.7. The Hall–Kier alpha value is -2.96. The van der Waals surface area contributed by atoms with Gasteiger partial charge in [-0.1, -0.05) is 48.9 Å². The smallest absolute Gasteiger partial charge is 0.255 e. The number of carbonyl (C=O) groups is 1. The first-order valence-corrected chi connectivity index (χ1v) is 11.4. The van der Waals surface area contributed by atoms with Crippen molar-refractivity contribution in [1.82, 2.24) is 24.9 Å². The van der Waals surface area contributed by atoms with E-state index in [1.165, 1.54) is 11.1 Å². The molecule has 6 heteroatoms. The summed E-state index contributed by atoms with van der Waals surface area (Å²) >= 11 is 0. The van der Waals surface area contributed by atoms with Crippen molar-refractivity contribution in [1.29, 1.82) is 0 Å². The molecule has 0 radical (unpaired) electrons. The monoisotopic (exact) mass is 431 g/mol. The summed E-state index contributed by atoms with van der Waals surface area (Å²) < 4.78 is 1.87. The Morgan fingerprint density at radius 2 is 1.75 bits per heavy atom. The quantitative estimate of drug-likeness (QED) is 0.623. The molecule has 6 nitrogen and oxygen atoms in total. The zero-order valence-electron chi connectivity index (χ0n) is 19.3. The zero-order valence-corrected chi connectivity index (χ0v) is 19.3. The zero-order chi connectivity index (χ0) is 22.5. The van der Waals surface area contributed by atoms with Crippen LogP contribution < -0.4 is 5.32 Å². The van der Waals surface area contributed by atoms with E-state index < -0.39 is 0 Å². The van der Waals surface area contributed by atoms with E-state index in [1.807, 2.05) is 16.8 Å². The van der Waals surface area contributed by atoms with Crippen molar-refractivity contribution in [2.24, 2.45) is 0 Å². The highest BCUT2D eigenvalue weighted by Gasteiger charge is 2.17. The number of hydrogen-bond donors (Lipinski definition) is 1. The summed E-state index contributed by atoms with van der Waals surface area (Å²) in [5.41, 5.74) is 6.16. The molecule has 1 amide bonds. The highest BCUT2D eigenvalue weighted by Crippen LogP contribution is 2.17. The van der Waals surface area contributed by atoms with Crippen molar-refractivity contribution in [2.45, 2.75) is 33.4 Å². The predicted octanol–water partition coefficient (Wildman–Crippen LogP) is 3.42. The van der Waals surface area contributed by atoms with E-state index in [2.05, 4.69) is 77.5 Å². The topological polar surface area (TPSA) is 53.4 Å². The van der Waals surface area contributed by atoms with Crippen LogP contribution in [0.25, 0.3) is 5.69 Å². The molecular weight excluding hydrogens is 398 g/mol. The van der Waals surface area contributed by atoms with E-state index in [0.717, 1.165) is 56.1 Å². The summed E-state index contributed by atoms with van der Waals surface area (Å²) in [7, 11) is 2.18. The number of benzene rings is 2. The number of amides is 1. The second kappa shape index (κ2) is 10.1. The molecule has 0 bridgehead atoms. The Kier molecular flexibility index (Phi) is 7.02. The number of rotatable bonds is 7. The minimum Gasteiger partial charge on any atom is -0.348 e. The molecule has 168 valence electrons. The maximum atomic E-state index is 13.0. The van der Waals surface area contributed by atoms with Crippen LogP contribution in [0.1, 0.15) is 39.7 Å². The average Bonchev–Trinajstić information content (AvgIpc) is 3.24. The molecule has 0 spiro atoms. The molecule has 0 atom stereocenters. The van der Waals surface area contributed by atoms with E-state index in [4.69, 9.17) is 0 Å². The maximum Gasteiger partial charge on any atom is 0.255 e. The second-order valence-electron chi connectivity index (χ2n) is 8.69. The van der Waals surface area contributed by atoms with Gasteiger partial charge in [-0.05, 0) is 43.7 Å². The van der Waals surface area contributed by atoms with E-state index in [9.17, 15) is 4.79 Å². The minimum atomic E-state index is -0.0790. The van der Waals surface area contributed by atoms with Crippen LogP contribution in [0.15, 0.2) is 54.7 Å². The van der Waals surface area contributed by atoms with E-state index in [-0.39, 0.29) is 5.91 Å². The fourth-order valence-electron chi connectivity index (χ4n) is 4.19. The molecule has 2 aromatic carbocycles. The van der Waals surface area contributed by atoms with Crippen molar-refractivity contribution >= 4 is 5.91 Å². The number of piperazine rings is 1. The SMILES string of the molecule is CCc1c(C(=O)NCc2cccc(CN3CCN(C)CC3)c2)cnn1-c1ccc(C)cc1. The summed E-state index contributed by atoms with van der Waals surface area (Å²) in [6.07, 6.45) is 2.41. The molecule has 1 aromatic heterocycles. The van der Waals surface area contributed by atoms with Crippen molar-refractivity contribution < 1.29 is 4.79 Å². The van der Waals surface area contributed by atoms with Crippen LogP contribution in [0.2, 0.25) is 0 Å². The lowest BCUT2D eigenvalue weighted by molar-refractivity contribution is 0.0950. The Morgan fingerprint density at radius 1 is 1.03 bits per heavy atom. The van der Waals surface area contributed by atoms with Crippen LogP contribution in [-0.2, 0) is 19.5 Å². The molecule has 4 rings (SSSR count). The number of carbonyl (C=O) groups excluding carboxylic acids is 1. The molecule has 1 fully saturated rings. The van der Waals surface area contributed by atoms with Gasteiger partial charge in [0.2, 0.25) is 0 Å². The molecule has 32 heavy (non-hydrogen) atoms. The number of hydrogen-bond acceptors (Lipinski definition) is 4. The van der Waals surface area contributed by atoms with Gasteiger partial charge in [0.15, 0.2) is 0 Å². The van der Waals surface area contributed by atoms with Crippen LogP contribution in [0, 0.1) is 6.92 Å². The van der Waals surface area contributed by atoms with Crippen LogP contribution in [0.4, 0.5) is 0 Å². The predicted molar refractivity (Wildman–Crippen MR) is 128 cm³/mol. The second-order valence-corrected chi connectivity index (χ2v) is 8.69. The Labute approximate surface area is 190 Å². The highest BCUT2D eigenvalue weighted by molar-refractivity contribution is 5.95. The van der Waals surface area contributed by atoms with Crippen LogP contribution in [-0.4, -0.2) is 58.7 Å². The van der Waals surface area contributed by atoms with Gasteiger partial charge >= 0.3 is 0 Å². The molecule has 1 aliphatic rings. The number of likely N-dealkylation sites (N-methyl/N-ethyl adjacent to an activating group) is 1. The van der Waals surface area contributed by atoms with Crippen molar-refractivity contribution in [3.05, 3.63) is 82.7 Å². The standard InChI is InChI=1S/C26H33N5O/c1-4-25-24(18-28-31(25)23-10-8-20(2)9-11-23)26(32)27-17-21-6-5-7-22(16-21)19-30-14-12-29(3)13-15-30/h5-11,16,18H,4,12-15,17,19H2,1-3H3,(H,27,32). The fraction of sp³-hybridized carbons (Fsp3) is 0.385. The van der Waals surface area contributed by atoms with Gasteiger partial charge in [0.1, 0.15) is 0 Å². The normalized spacial score (nSPS) is 15.1. The number of aryl methyl sites for hydroxylation is 1. The van der Waals surface area contributed by atoms with Gasteiger partial charge in [0, 0.05) is 39.3 Å². The molecule has 3 aromatic rings. The molecule has 0 unspecified atom stereocenters. The lowest BCUT2D eigenvalue weighted by atomic mass is 10.1. The molecule has 1 aliphatic heterocycles. The van der Waals surface area contributed by atoms with Gasteiger partial charge in [0.05, 0.1) is 23.1 Å². The van der Waals surface area contributed by atoms with E-state index in [0.29, 0.717) is 12.1 Å². The molecule has 1 saturated heterocycles. The van der Waals surface area contributed by atoms with Gasteiger partial charge in [-0.15, -0.1) is 0 Å². The minimum absolute atomic E-state index is 0.0790. The van der Waals surface area contributed by atoms with Crippen LogP contribution in [0.5, 0.6) is 0 Å². The molecule has 0 saturated carbocycles. The summed E-state index contributed by atoms with van der Waals surface area (Å²) in [4.78, 5) is 17.8. The molecule has 1 N–H and O–H groups in total. The largest absolute Gasteiger partial charge is 0.348 e. The van der Waals surface area contributed by atoms with Crippen molar-refractivity contribution in [3.63, 3.8) is 0 Å². The fourth-order valence-corrected chi connectivity index (χ4v) is 4.19. The third kappa shape index (κ3) is 5.26. The Bertz CT molecular complexity index is 1050. The Morgan fingerprint density at radius 3 is 2.47 bits per heavy atom. The first-order valence-electron chi connectivity index (χ1n) is 11.4.